The highest BCUT2D eigenvalue weighted by molar-refractivity contribution is 6.07. The average Bonchev–Trinajstić information content (AvgIpc) is 3.20. The molecule has 0 spiro atoms. The standard InChI is InChI=1S/C18H17FN2O5/c1-3-18(11-4-6-12(19)7-5-11)16(23)21(17(24)20-18)10-13-8-9-14(26-13)15(22)25-2/h4-9H,3,10H2,1-2H3,(H,20,24). The van der Waals surface area contributed by atoms with Gasteiger partial charge in [0, 0.05) is 0 Å². The number of nitrogens with zero attached hydrogens (tertiary/aromatic N) is 1. The Balaban J connectivity index is 1.87. The molecule has 1 aromatic carbocycles. The summed E-state index contributed by atoms with van der Waals surface area (Å²) >= 11 is 0. The lowest BCUT2D eigenvalue weighted by Gasteiger charge is -2.25. The molecule has 0 saturated carbocycles. The summed E-state index contributed by atoms with van der Waals surface area (Å²) in [4.78, 5) is 37.8. The van der Waals surface area contributed by atoms with Crippen molar-refractivity contribution in [1.82, 2.24) is 10.2 Å². The number of imide groups is 1. The Morgan fingerprint density at radius 1 is 1.23 bits per heavy atom. The van der Waals surface area contributed by atoms with Crippen LogP contribution in [0.2, 0.25) is 0 Å². The maximum Gasteiger partial charge on any atom is 0.373 e. The summed E-state index contributed by atoms with van der Waals surface area (Å²) in [5.74, 6) is -1.30. The lowest BCUT2D eigenvalue weighted by atomic mass is 9.87. The summed E-state index contributed by atoms with van der Waals surface area (Å²) in [5, 5.41) is 2.70. The van der Waals surface area contributed by atoms with Crippen molar-refractivity contribution >= 4 is 17.9 Å². The van der Waals surface area contributed by atoms with Crippen molar-refractivity contribution in [3.8, 4) is 0 Å². The second-order valence-electron chi connectivity index (χ2n) is 5.84. The molecule has 1 fully saturated rings. The van der Waals surface area contributed by atoms with Crippen molar-refractivity contribution in [2.24, 2.45) is 0 Å². The van der Waals surface area contributed by atoms with Gasteiger partial charge < -0.3 is 14.5 Å². The number of rotatable bonds is 5. The summed E-state index contributed by atoms with van der Waals surface area (Å²) in [6.45, 7) is 1.62. The molecule has 1 N–H and O–H groups in total. The Morgan fingerprint density at radius 3 is 2.54 bits per heavy atom. The van der Waals surface area contributed by atoms with Crippen molar-refractivity contribution in [3.05, 3.63) is 59.3 Å². The number of hydrogen-bond acceptors (Lipinski definition) is 5. The number of esters is 1. The molecule has 1 atom stereocenters. The van der Waals surface area contributed by atoms with Gasteiger partial charge in [-0.1, -0.05) is 19.1 Å². The van der Waals surface area contributed by atoms with Crippen LogP contribution >= 0.6 is 0 Å². The van der Waals surface area contributed by atoms with Crippen molar-refractivity contribution in [2.75, 3.05) is 7.11 Å². The first-order valence-electron chi connectivity index (χ1n) is 7.98. The van der Waals surface area contributed by atoms with Gasteiger partial charge in [0.15, 0.2) is 0 Å². The van der Waals surface area contributed by atoms with Crippen LogP contribution < -0.4 is 5.32 Å². The number of benzene rings is 1. The normalized spacial score (nSPS) is 19.6. The predicted molar refractivity (Wildman–Crippen MR) is 87.5 cm³/mol. The highest BCUT2D eigenvalue weighted by atomic mass is 19.1. The number of ether oxygens (including phenoxy) is 1. The molecule has 0 aliphatic carbocycles. The van der Waals surface area contributed by atoms with Crippen LogP contribution in [0.15, 0.2) is 40.8 Å². The van der Waals surface area contributed by atoms with Gasteiger partial charge in [0.2, 0.25) is 5.76 Å². The van der Waals surface area contributed by atoms with Crippen LogP contribution in [0.4, 0.5) is 9.18 Å². The van der Waals surface area contributed by atoms with E-state index in [4.69, 9.17) is 4.42 Å². The molecule has 1 unspecified atom stereocenters. The van der Waals surface area contributed by atoms with E-state index < -0.39 is 29.3 Å². The number of carbonyl (C=O) groups is 3. The number of halogens is 1. The molecule has 1 saturated heterocycles. The first kappa shape index (κ1) is 17.7. The van der Waals surface area contributed by atoms with Gasteiger partial charge in [0.1, 0.15) is 17.1 Å². The number of nitrogens with one attached hydrogen (secondary N) is 1. The van der Waals surface area contributed by atoms with E-state index in [9.17, 15) is 18.8 Å². The summed E-state index contributed by atoms with van der Waals surface area (Å²) in [5.41, 5.74) is -0.764. The molecule has 3 amide bonds. The Labute approximate surface area is 148 Å². The summed E-state index contributed by atoms with van der Waals surface area (Å²) in [6, 6.07) is 7.75. The van der Waals surface area contributed by atoms with Gasteiger partial charge in [-0.3, -0.25) is 9.69 Å². The summed E-state index contributed by atoms with van der Waals surface area (Å²) in [7, 11) is 1.22. The van der Waals surface area contributed by atoms with Gasteiger partial charge in [0.05, 0.1) is 13.7 Å². The fraction of sp³-hybridized carbons (Fsp3) is 0.278. The van der Waals surface area contributed by atoms with Crippen LogP contribution in [0, 0.1) is 5.82 Å². The fourth-order valence-electron chi connectivity index (χ4n) is 2.97. The van der Waals surface area contributed by atoms with E-state index in [0.717, 1.165) is 4.90 Å². The molecule has 7 nitrogen and oxygen atoms in total. The number of furan rings is 1. The van der Waals surface area contributed by atoms with Crippen molar-refractivity contribution in [3.63, 3.8) is 0 Å². The van der Waals surface area contributed by atoms with E-state index in [1.807, 2.05) is 0 Å². The topological polar surface area (TPSA) is 88.8 Å². The Morgan fingerprint density at radius 2 is 1.92 bits per heavy atom. The molecule has 0 bridgehead atoms. The maximum atomic E-state index is 13.2. The number of methoxy groups -OCH3 is 1. The van der Waals surface area contributed by atoms with Crippen LogP contribution in [0.5, 0.6) is 0 Å². The van der Waals surface area contributed by atoms with Crippen LogP contribution in [-0.4, -0.2) is 29.9 Å². The Bertz CT molecular complexity index is 861. The molecule has 1 aromatic heterocycles. The largest absolute Gasteiger partial charge is 0.463 e. The van der Waals surface area contributed by atoms with Crippen LogP contribution in [0.3, 0.4) is 0 Å². The molecule has 136 valence electrons. The monoisotopic (exact) mass is 360 g/mol. The molecule has 2 aromatic rings. The van der Waals surface area contributed by atoms with Gasteiger partial charge in [-0.05, 0) is 36.2 Å². The third-order valence-corrected chi connectivity index (χ3v) is 4.41. The van der Waals surface area contributed by atoms with E-state index in [0.29, 0.717) is 12.0 Å². The highest BCUT2D eigenvalue weighted by Crippen LogP contribution is 2.33. The zero-order valence-electron chi connectivity index (χ0n) is 14.2. The molecular formula is C18H17FN2O5. The smallest absolute Gasteiger partial charge is 0.373 e. The van der Waals surface area contributed by atoms with Crippen molar-refractivity contribution < 1.29 is 27.9 Å². The van der Waals surface area contributed by atoms with Gasteiger partial charge in [-0.15, -0.1) is 0 Å². The zero-order valence-corrected chi connectivity index (χ0v) is 14.2. The van der Waals surface area contributed by atoms with E-state index in [1.165, 1.54) is 43.5 Å². The molecule has 1 aliphatic heterocycles. The second kappa shape index (κ2) is 6.62. The zero-order chi connectivity index (χ0) is 18.9. The lowest BCUT2D eigenvalue weighted by molar-refractivity contribution is -0.132. The molecule has 2 heterocycles. The van der Waals surface area contributed by atoms with Gasteiger partial charge in [0.25, 0.3) is 5.91 Å². The number of carbonyl (C=O) groups excluding carboxylic acids is 3. The van der Waals surface area contributed by atoms with Crippen LogP contribution in [-0.2, 0) is 21.6 Å². The summed E-state index contributed by atoms with van der Waals surface area (Å²) in [6.07, 6.45) is 0.297. The minimum absolute atomic E-state index is 0.0187. The minimum atomic E-state index is -1.26. The summed E-state index contributed by atoms with van der Waals surface area (Å²) < 4.78 is 23.1. The quantitative estimate of drug-likeness (QED) is 0.654. The van der Waals surface area contributed by atoms with E-state index in [1.54, 1.807) is 6.92 Å². The molecule has 8 heteroatoms. The SMILES string of the molecule is CCC1(c2ccc(F)cc2)NC(=O)N(Cc2ccc(C(=O)OC)o2)C1=O. The van der Waals surface area contributed by atoms with Crippen molar-refractivity contribution in [1.29, 1.82) is 0 Å². The molecule has 3 rings (SSSR count). The molecule has 26 heavy (non-hydrogen) atoms. The van der Waals surface area contributed by atoms with Gasteiger partial charge >= 0.3 is 12.0 Å². The first-order valence-corrected chi connectivity index (χ1v) is 7.98. The third-order valence-electron chi connectivity index (χ3n) is 4.41. The van der Waals surface area contributed by atoms with E-state index in [2.05, 4.69) is 10.1 Å². The number of amides is 3. The van der Waals surface area contributed by atoms with Crippen molar-refractivity contribution in [2.45, 2.75) is 25.4 Å². The van der Waals surface area contributed by atoms with Gasteiger partial charge in [-0.2, -0.15) is 0 Å². The Hall–Kier alpha value is -3.16. The maximum absolute atomic E-state index is 13.2. The third kappa shape index (κ3) is 2.83. The number of urea groups is 1. The predicted octanol–water partition coefficient (Wildman–Crippen LogP) is 2.56. The highest BCUT2D eigenvalue weighted by Gasteiger charge is 2.51. The second-order valence-corrected chi connectivity index (χ2v) is 5.84. The number of hydrogen-bond donors (Lipinski definition) is 1. The minimum Gasteiger partial charge on any atom is -0.463 e. The van der Waals surface area contributed by atoms with E-state index in [-0.39, 0.29) is 18.1 Å². The lowest BCUT2D eigenvalue weighted by Crippen LogP contribution is -2.43. The molecular weight excluding hydrogens is 343 g/mol. The molecule has 0 radical (unpaired) electrons. The van der Waals surface area contributed by atoms with Crippen LogP contribution in [0.25, 0.3) is 0 Å². The Kier molecular flexibility index (Phi) is 4.50. The fourth-order valence-corrected chi connectivity index (χ4v) is 2.97. The van der Waals surface area contributed by atoms with E-state index >= 15 is 0 Å². The molecule has 1 aliphatic rings. The first-order chi connectivity index (χ1) is 12.4. The van der Waals surface area contributed by atoms with Crippen LogP contribution in [0.1, 0.15) is 35.2 Å². The van der Waals surface area contributed by atoms with Gasteiger partial charge in [-0.25, -0.2) is 14.0 Å². The average molecular weight is 360 g/mol.